The van der Waals surface area contributed by atoms with Crippen molar-refractivity contribution >= 4 is 16.7 Å². The molecule has 0 fully saturated rings. The van der Waals surface area contributed by atoms with Crippen LogP contribution >= 0.6 is 0 Å². The second kappa shape index (κ2) is 9.07. The first-order chi connectivity index (χ1) is 13.8. The molecule has 152 valence electrons. The lowest BCUT2D eigenvalue weighted by molar-refractivity contribution is 0.0681. The van der Waals surface area contributed by atoms with Gasteiger partial charge in [-0.05, 0) is 48.7 Å². The Morgan fingerprint density at radius 3 is 2.48 bits per heavy atom. The Morgan fingerprint density at radius 1 is 1.03 bits per heavy atom. The minimum absolute atomic E-state index is 0.0172. The molecule has 29 heavy (non-hydrogen) atoms. The second-order valence-electron chi connectivity index (χ2n) is 7.89. The van der Waals surface area contributed by atoms with Gasteiger partial charge in [-0.15, -0.1) is 0 Å². The maximum atomic E-state index is 11.2. The lowest BCUT2D eigenvalue weighted by Crippen LogP contribution is -2.46. The summed E-state index contributed by atoms with van der Waals surface area (Å²) in [4.78, 5) is 11.2. The maximum absolute atomic E-state index is 11.2. The van der Waals surface area contributed by atoms with Gasteiger partial charge in [0.05, 0.1) is 0 Å². The largest absolute Gasteiger partial charge is 0.490 e. The number of fused-ring (bicyclic) bond motifs is 1. The molecule has 0 heterocycles. The van der Waals surface area contributed by atoms with Gasteiger partial charge in [-0.2, -0.15) is 0 Å². The van der Waals surface area contributed by atoms with E-state index in [-0.39, 0.29) is 23.5 Å². The molecule has 5 nitrogen and oxygen atoms in total. The van der Waals surface area contributed by atoms with Crippen LogP contribution in [-0.4, -0.2) is 41.0 Å². The van der Waals surface area contributed by atoms with Crippen LogP contribution in [0.5, 0.6) is 5.75 Å². The Kier molecular flexibility index (Phi) is 6.52. The zero-order valence-electron chi connectivity index (χ0n) is 16.8. The standard InChI is InChI=1S/C24H27NO4/c1-24(2,14-17-11-12-18-7-3-4-8-19(18)13-17)25-15-20(26)16-29-22-10-6-5-9-21(22)23(27)28/h3-13,20,25-26H,14-16H2,1-2H3,(H,27,28). The number of β-amino-alcohol motifs (C(OH)–C–C–N with tert-alkyl or cyclic N) is 1. The zero-order valence-corrected chi connectivity index (χ0v) is 16.8. The Bertz CT molecular complexity index is 983. The fourth-order valence-corrected chi connectivity index (χ4v) is 3.33. The maximum Gasteiger partial charge on any atom is 0.339 e. The number of nitrogens with one attached hydrogen (secondary N) is 1. The number of carbonyl (C=O) groups is 1. The van der Waals surface area contributed by atoms with Crippen molar-refractivity contribution in [2.45, 2.75) is 31.9 Å². The first-order valence-electron chi connectivity index (χ1n) is 9.70. The Morgan fingerprint density at radius 2 is 1.72 bits per heavy atom. The van der Waals surface area contributed by atoms with Crippen molar-refractivity contribution in [3.8, 4) is 5.75 Å². The monoisotopic (exact) mass is 393 g/mol. The molecule has 0 aliphatic carbocycles. The fourth-order valence-electron chi connectivity index (χ4n) is 3.33. The molecule has 0 aliphatic heterocycles. The molecule has 0 aliphatic rings. The van der Waals surface area contributed by atoms with E-state index in [0.29, 0.717) is 6.54 Å². The third-order valence-corrected chi connectivity index (χ3v) is 4.82. The zero-order chi connectivity index (χ0) is 20.9. The quantitative estimate of drug-likeness (QED) is 0.514. The third kappa shape index (κ3) is 5.79. The van der Waals surface area contributed by atoms with Crippen molar-refractivity contribution in [3.63, 3.8) is 0 Å². The minimum atomic E-state index is -1.05. The van der Waals surface area contributed by atoms with Gasteiger partial charge in [-0.1, -0.05) is 54.6 Å². The van der Waals surface area contributed by atoms with Crippen LogP contribution in [0.2, 0.25) is 0 Å². The van der Waals surface area contributed by atoms with E-state index in [1.54, 1.807) is 18.2 Å². The van der Waals surface area contributed by atoms with Crippen molar-refractivity contribution in [1.29, 1.82) is 0 Å². The van der Waals surface area contributed by atoms with Crippen LogP contribution in [0.3, 0.4) is 0 Å². The number of ether oxygens (including phenoxy) is 1. The molecule has 3 rings (SSSR count). The van der Waals surface area contributed by atoms with E-state index in [2.05, 4.69) is 49.5 Å². The van der Waals surface area contributed by atoms with Crippen molar-refractivity contribution in [2.24, 2.45) is 0 Å². The Hall–Kier alpha value is -2.89. The van der Waals surface area contributed by atoms with Crippen LogP contribution in [0.1, 0.15) is 29.8 Å². The molecule has 3 N–H and O–H groups in total. The third-order valence-electron chi connectivity index (χ3n) is 4.82. The topological polar surface area (TPSA) is 78.8 Å². The highest BCUT2D eigenvalue weighted by molar-refractivity contribution is 5.90. The number of para-hydroxylation sites is 1. The number of aliphatic hydroxyl groups excluding tert-OH is 1. The number of aromatic carboxylic acids is 1. The number of carboxylic acids is 1. The van der Waals surface area contributed by atoms with Gasteiger partial charge in [0.2, 0.25) is 0 Å². The molecule has 0 amide bonds. The predicted octanol–water partition coefficient (Wildman–Crippen LogP) is 3.89. The second-order valence-corrected chi connectivity index (χ2v) is 7.89. The van der Waals surface area contributed by atoms with Gasteiger partial charge in [0.15, 0.2) is 0 Å². The minimum Gasteiger partial charge on any atom is -0.490 e. The molecular weight excluding hydrogens is 366 g/mol. The summed E-state index contributed by atoms with van der Waals surface area (Å²) in [5, 5.41) is 25.3. The van der Waals surface area contributed by atoms with Crippen LogP contribution in [0.4, 0.5) is 0 Å². The summed E-state index contributed by atoms with van der Waals surface area (Å²) in [5.74, 6) is -0.792. The summed E-state index contributed by atoms with van der Waals surface area (Å²) in [5.41, 5.74) is 1.09. The summed E-state index contributed by atoms with van der Waals surface area (Å²) in [6, 6.07) is 21.2. The van der Waals surface area contributed by atoms with Gasteiger partial charge in [-0.25, -0.2) is 4.79 Å². The molecular formula is C24H27NO4. The summed E-state index contributed by atoms with van der Waals surface area (Å²) < 4.78 is 5.52. The van der Waals surface area contributed by atoms with Gasteiger partial charge in [-0.3, -0.25) is 0 Å². The van der Waals surface area contributed by atoms with Crippen molar-refractivity contribution < 1.29 is 19.7 Å². The smallest absolute Gasteiger partial charge is 0.339 e. The van der Waals surface area contributed by atoms with Crippen molar-refractivity contribution in [1.82, 2.24) is 5.32 Å². The van der Waals surface area contributed by atoms with E-state index in [1.807, 2.05) is 12.1 Å². The Labute approximate surface area is 171 Å². The first kappa shape index (κ1) is 20.8. The molecule has 0 saturated heterocycles. The van der Waals surface area contributed by atoms with Crippen LogP contribution in [0.25, 0.3) is 10.8 Å². The van der Waals surface area contributed by atoms with Crippen LogP contribution < -0.4 is 10.1 Å². The van der Waals surface area contributed by atoms with Crippen LogP contribution in [0.15, 0.2) is 66.7 Å². The number of rotatable bonds is 9. The van der Waals surface area contributed by atoms with Gasteiger partial charge >= 0.3 is 5.97 Å². The summed E-state index contributed by atoms with van der Waals surface area (Å²) in [7, 11) is 0. The SMILES string of the molecule is CC(C)(Cc1ccc2ccccc2c1)NCC(O)COc1ccccc1C(=O)O. The van der Waals surface area contributed by atoms with Crippen LogP contribution in [-0.2, 0) is 6.42 Å². The van der Waals surface area contributed by atoms with E-state index >= 15 is 0 Å². The highest BCUT2D eigenvalue weighted by atomic mass is 16.5. The van der Waals surface area contributed by atoms with Gasteiger partial charge in [0, 0.05) is 12.1 Å². The van der Waals surface area contributed by atoms with Gasteiger partial charge in [0.25, 0.3) is 0 Å². The molecule has 1 unspecified atom stereocenters. The van der Waals surface area contributed by atoms with Gasteiger partial charge < -0.3 is 20.3 Å². The summed E-state index contributed by atoms with van der Waals surface area (Å²) in [6.45, 7) is 4.55. The Balaban J connectivity index is 1.53. The number of hydrogen-bond acceptors (Lipinski definition) is 4. The number of hydrogen-bond donors (Lipinski definition) is 3. The van der Waals surface area contributed by atoms with Crippen molar-refractivity contribution in [3.05, 3.63) is 77.9 Å². The first-order valence-corrected chi connectivity index (χ1v) is 9.70. The molecule has 1 atom stereocenters. The van der Waals surface area contributed by atoms with E-state index < -0.39 is 12.1 Å². The molecule has 5 heteroatoms. The average Bonchev–Trinajstić information content (AvgIpc) is 2.70. The molecule has 0 saturated carbocycles. The van der Waals surface area contributed by atoms with E-state index in [0.717, 1.165) is 6.42 Å². The van der Waals surface area contributed by atoms with Gasteiger partial charge in [0.1, 0.15) is 24.0 Å². The molecule has 3 aromatic carbocycles. The van der Waals surface area contributed by atoms with E-state index in [9.17, 15) is 15.0 Å². The molecule has 0 bridgehead atoms. The predicted molar refractivity (Wildman–Crippen MR) is 115 cm³/mol. The average molecular weight is 393 g/mol. The molecule has 0 radical (unpaired) electrons. The fraction of sp³-hybridized carbons (Fsp3) is 0.292. The summed E-state index contributed by atoms with van der Waals surface area (Å²) >= 11 is 0. The van der Waals surface area contributed by atoms with E-state index in [4.69, 9.17) is 4.74 Å². The van der Waals surface area contributed by atoms with Crippen LogP contribution in [0, 0.1) is 0 Å². The lowest BCUT2D eigenvalue weighted by atomic mass is 9.93. The van der Waals surface area contributed by atoms with E-state index in [1.165, 1.54) is 22.4 Å². The number of carboxylic acid groups (broad SMARTS) is 1. The summed E-state index contributed by atoms with van der Waals surface area (Å²) in [6.07, 6.45) is 0.0560. The molecule has 0 aromatic heterocycles. The normalized spacial score (nSPS) is 12.7. The lowest BCUT2D eigenvalue weighted by Gasteiger charge is -2.28. The molecule has 0 spiro atoms. The molecule has 3 aromatic rings. The number of aliphatic hydroxyl groups is 1. The highest BCUT2D eigenvalue weighted by Gasteiger charge is 2.20. The van der Waals surface area contributed by atoms with Crippen molar-refractivity contribution in [2.75, 3.05) is 13.2 Å². The number of benzene rings is 3. The highest BCUT2D eigenvalue weighted by Crippen LogP contribution is 2.20.